The van der Waals surface area contributed by atoms with Crippen molar-refractivity contribution in [2.24, 2.45) is 22.7 Å². The summed E-state index contributed by atoms with van der Waals surface area (Å²) in [6.07, 6.45) is 5.06. The first-order valence-electron chi connectivity index (χ1n) is 12.5. The van der Waals surface area contributed by atoms with Crippen molar-refractivity contribution >= 4 is 23.8 Å². The zero-order valence-electron chi connectivity index (χ0n) is 22.2. The van der Waals surface area contributed by atoms with Crippen LogP contribution in [0.5, 0.6) is 0 Å². The number of methoxy groups -OCH3 is 1. The fourth-order valence-electron chi connectivity index (χ4n) is 5.51. The van der Waals surface area contributed by atoms with Gasteiger partial charge in [0.15, 0.2) is 0 Å². The number of amides is 2. The fraction of sp³-hybridized carbons (Fsp3) is 0.846. The van der Waals surface area contributed by atoms with Crippen LogP contribution in [0.1, 0.15) is 93.4 Å². The Kier molecular flexibility index (Phi) is 8.81. The van der Waals surface area contributed by atoms with E-state index in [-0.39, 0.29) is 29.7 Å². The van der Waals surface area contributed by atoms with Gasteiger partial charge in [0.1, 0.15) is 11.6 Å². The van der Waals surface area contributed by atoms with E-state index in [2.05, 4.69) is 10.6 Å². The minimum atomic E-state index is -0.800. The predicted octanol–water partition coefficient (Wildman–Crippen LogP) is 3.51. The van der Waals surface area contributed by atoms with Crippen molar-refractivity contribution in [3.63, 3.8) is 0 Å². The largest absolute Gasteiger partial charge is 0.467 e. The summed E-state index contributed by atoms with van der Waals surface area (Å²) >= 11 is 0. The molecule has 2 aliphatic rings. The predicted molar refractivity (Wildman–Crippen MR) is 129 cm³/mol. The Labute approximate surface area is 204 Å². The number of nitrogens with one attached hydrogen (secondary N) is 2. The van der Waals surface area contributed by atoms with Gasteiger partial charge in [0, 0.05) is 18.9 Å². The summed E-state index contributed by atoms with van der Waals surface area (Å²) in [7, 11) is 1.33. The van der Waals surface area contributed by atoms with E-state index in [0.717, 1.165) is 25.7 Å². The van der Waals surface area contributed by atoms with Crippen LogP contribution in [-0.2, 0) is 28.7 Å². The summed E-state index contributed by atoms with van der Waals surface area (Å²) < 4.78 is 10.7. The van der Waals surface area contributed by atoms with Crippen LogP contribution in [0.3, 0.4) is 0 Å². The molecule has 0 unspecified atom stereocenters. The Balaban J connectivity index is 2.06. The third-order valence-electron chi connectivity index (χ3n) is 8.02. The van der Waals surface area contributed by atoms with E-state index in [0.29, 0.717) is 19.3 Å². The number of carbonyl (C=O) groups excluding carboxylic acids is 4. The number of ether oxygens (including phenoxy) is 2. The number of hydrogen-bond donors (Lipinski definition) is 2. The molecule has 0 aromatic carbocycles. The van der Waals surface area contributed by atoms with Crippen molar-refractivity contribution in [1.29, 1.82) is 0 Å². The molecule has 0 aliphatic heterocycles. The van der Waals surface area contributed by atoms with Gasteiger partial charge in [-0.3, -0.25) is 14.4 Å². The molecule has 0 spiro atoms. The molecule has 2 saturated carbocycles. The lowest BCUT2D eigenvalue weighted by Crippen LogP contribution is -2.51. The molecular weight excluding hydrogens is 436 g/mol. The highest BCUT2D eigenvalue weighted by molar-refractivity contribution is 5.88. The maximum absolute atomic E-state index is 13.4. The molecule has 8 heteroatoms. The Morgan fingerprint density at radius 1 is 1.00 bits per heavy atom. The molecule has 2 rings (SSSR count). The SMILES string of the molecule is COC(=O)[C@H](CC1CCC(NC(C)=O)CC1)NC(=O)[C@H]1CC[C@@](C)(C(=O)OC(C)(C)C)C1(C)C. The quantitative estimate of drug-likeness (QED) is 0.540. The molecule has 0 aromatic rings. The van der Waals surface area contributed by atoms with Crippen molar-refractivity contribution in [3.05, 3.63) is 0 Å². The van der Waals surface area contributed by atoms with E-state index in [1.807, 2.05) is 41.5 Å². The van der Waals surface area contributed by atoms with Gasteiger partial charge in [0.05, 0.1) is 12.5 Å². The lowest BCUT2D eigenvalue weighted by molar-refractivity contribution is -0.173. The van der Waals surface area contributed by atoms with Crippen LogP contribution in [0.25, 0.3) is 0 Å². The van der Waals surface area contributed by atoms with Crippen LogP contribution in [0, 0.1) is 22.7 Å². The second kappa shape index (κ2) is 10.6. The van der Waals surface area contributed by atoms with Gasteiger partial charge in [0.25, 0.3) is 0 Å². The van der Waals surface area contributed by atoms with E-state index < -0.39 is 34.4 Å². The van der Waals surface area contributed by atoms with Crippen LogP contribution in [-0.4, -0.2) is 48.5 Å². The van der Waals surface area contributed by atoms with Crippen LogP contribution < -0.4 is 10.6 Å². The highest BCUT2D eigenvalue weighted by atomic mass is 16.6. The lowest BCUT2D eigenvalue weighted by Gasteiger charge is -2.40. The molecule has 2 amide bonds. The van der Waals surface area contributed by atoms with E-state index in [4.69, 9.17) is 9.47 Å². The molecule has 34 heavy (non-hydrogen) atoms. The Morgan fingerprint density at radius 2 is 1.59 bits per heavy atom. The van der Waals surface area contributed by atoms with Gasteiger partial charge in [-0.25, -0.2) is 4.79 Å². The third-order valence-corrected chi connectivity index (χ3v) is 8.02. The van der Waals surface area contributed by atoms with Gasteiger partial charge in [-0.15, -0.1) is 0 Å². The Morgan fingerprint density at radius 3 is 2.09 bits per heavy atom. The minimum Gasteiger partial charge on any atom is -0.467 e. The lowest BCUT2D eigenvalue weighted by atomic mass is 9.65. The van der Waals surface area contributed by atoms with Gasteiger partial charge in [-0.1, -0.05) is 13.8 Å². The first-order chi connectivity index (χ1) is 15.6. The smallest absolute Gasteiger partial charge is 0.328 e. The summed E-state index contributed by atoms with van der Waals surface area (Å²) in [4.78, 5) is 50.3. The monoisotopic (exact) mass is 480 g/mol. The van der Waals surface area contributed by atoms with E-state index >= 15 is 0 Å². The molecular formula is C26H44N2O6. The van der Waals surface area contributed by atoms with Crippen molar-refractivity contribution in [3.8, 4) is 0 Å². The molecule has 3 atom stereocenters. The van der Waals surface area contributed by atoms with Crippen LogP contribution in [0.4, 0.5) is 0 Å². The molecule has 194 valence electrons. The topological polar surface area (TPSA) is 111 Å². The van der Waals surface area contributed by atoms with E-state index in [9.17, 15) is 19.2 Å². The van der Waals surface area contributed by atoms with Crippen LogP contribution in [0.2, 0.25) is 0 Å². The summed E-state index contributed by atoms with van der Waals surface area (Å²) in [5.41, 5.74) is -2.05. The fourth-order valence-corrected chi connectivity index (χ4v) is 5.51. The average Bonchev–Trinajstić information content (AvgIpc) is 2.96. The Hall–Kier alpha value is -2.12. The molecule has 0 heterocycles. The number of hydrogen-bond acceptors (Lipinski definition) is 6. The zero-order chi connectivity index (χ0) is 25.9. The number of esters is 2. The first kappa shape index (κ1) is 28.1. The third kappa shape index (κ3) is 6.51. The van der Waals surface area contributed by atoms with Crippen LogP contribution in [0.15, 0.2) is 0 Å². The van der Waals surface area contributed by atoms with Gasteiger partial charge in [0.2, 0.25) is 11.8 Å². The molecule has 2 N–H and O–H groups in total. The number of carbonyl (C=O) groups is 4. The number of rotatable bonds is 7. The summed E-state index contributed by atoms with van der Waals surface area (Å²) in [6, 6.07) is -0.561. The van der Waals surface area contributed by atoms with Gasteiger partial charge in [-0.2, -0.15) is 0 Å². The summed E-state index contributed by atoms with van der Waals surface area (Å²) in [5.74, 6) is -1.16. The standard InChI is InChI=1S/C26H44N2O6/c1-16(29)27-18-11-9-17(10-12-18)15-20(22(31)33-8)28-21(30)19-13-14-26(7,25(19,5)6)23(32)34-24(2,3)4/h17-20H,9-15H2,1-8H3,(H,27,29)(H,28,30)/t17?,18?,19-,20+,26+/m1/s1. The molecule has 0 aromatic heterocycles. The molecule has 2 aliphatic carbocycles. The summed E-state index contributed by atoms with van der Waals surface area (Å²) in [6.45, 7) is 12.8. The van der Waals surface area contributed by atoms with Crippen molar-refractivity contribution in [2.45, 2.75) is 111 Å². The molecule has 0 bridgehead atoms. The van der Waals surface area contributed by atoms with Crippen molar-refractivity contribution in [2.75, 3.05) is 7.11 Å². The maximum atomic E-state index is 13.4. The summed E-state index contributed by atoms with van der Waals surface area (Å²) in [5, 5.41) is 5.91. The van der Waals surface area contributed by atoms with Gasteiger partial charge >= 0.3 is 11.9 Å². The maximum Gasteiger partial charge on any atom is 0.328 e. The molecule has 2 fully saturated rings. The second-order valence-electron chi connectivity index (χ2n) is 11.9. The minimum absolute atomic E-state index is 0.0271. The zero-order valence-corrected chi connectivity index (χ0v) is 22.2. The second-order valence-corrected chi connectivity index (χ2v) is 11.9. The van der Waals surface area contributed by atoms with Gasteiger partial charge < -0.3 is 20.1 Å². The highest BCUT2D eigenvalue weighted by Gasteiger charge is 2.59. The van der Waals surface area contributed by atoms with E-state index in [1.54, 1.807) is 0 Å². The van der Waals surface area contributed by atoms with E-state index in [1.165, 1.54) is 14.0 Å². The first-order valence-corrected chi connectivity index (χ1v) is 12.5. The Bertz CT molecular complexity index is 779. The molecule has 0 saturated heterocycles. The normalized spacial score (nSPS) is 29.6. The average molecular weight is 481 g/mol. The highest BCUT2D eigenvalue weighted by Crippen LogP contribution is 2.57. The van der Waals surface area contributed by atoms with Crippen molar-refractivity contribution in [1.82, 2.24) is 10.6 Å². The van der Waals surface area contributed by atoms with Crippen LogP contribution >= 0.6 is 0 Å². The molecule has 8 nitrogen and oxygen atoms in total. The van der Waals surface area contributed by atoms with Gasteiger partial charge in [-0.05, 0) is 84.0 Å². The molecule has 0 radical (unpaired) electrons. The van der Waals surface area contributed by atoms with Crippen molar-refractivity contribution < 1.29 is 28.7 Å².